The predicted molar refractivity (Wildman–Crippen MR) is 122 cm³/mol. The van der Waals surface area contributed by atoms with Gasteiger partial charge in [-0.25, -0.2) is 19.9 Å². The monoisotopic (exact) mass is 481 g/mol. The molecule has 0 fully saturated rings. The highest BCUT2D eigenvalue weighted by atomic mass is 19.4. The largest absolute Gasteiger partial charge is 0.389 e. The van der Waals surface area contributed by atoms with Gasteiger partial charge in [-0.05, 0) is 45.2 Å². The van der Waals surface area contributed by atoms with Crippen molar-refractivity contribution < 1.29 is 18.0 Å². The smallest absolute Gasteiger partial charge is 0.309 e. The third-order valence-electron chi connectivity index (χ3n) is 6.17. The van der Waals surface area contributed by atoms with Gasteiger partial charge in [-0.15, -0.1) is 0 Å². The zero-order valence-electron chi connectivity index (χ0n) is 19.3. The Balaban J connectivity index is 1.53. The Morgan fingerprint density at radius 1 is 1.06 bits per heavy atom. The molecule has 1 aliphatic rings. The second kappa shape index (κ2) is 8.10. The Hall–Kier alpha value is -3.89. The number of pyridine rings is 1. The molecule has 5 rings (SSSR count). The zero-order valence-corrected chi connectivity index (χ0v) is 19.3. The van der Waals surface area contributed by atoms with E-state index in [1.807, 2.05) is 19.1 Å². The highest BCUT2D eigenvalue weighted by Gasteiger charge is 2.46. The van der Waals surface area contributed by atoms with Gasteiger partial charge in [0.2, 0.25) is 5.91 Å². The van der Waals surface area contributed by atoms with E-state index < -0.39 is 18.0 Å². The maximum Gasteiger partial charge on any atom is 0.389 e. The van der Waals surface area contributed by atoms with E-state index in [0.29, 0.717) is 39.8 Å². The first-order chi connectivity index (χ1) is 16.5. The molecule has 0 saturated heterocycles. The van der Waals surface area contributed by atoms with Gasteiger partial charge in [0.05, 0.1) is 17.1 Å². The van der Waals surface area contributed by atoms with Gasteiger partial charge in [0, 0.05) is 36.8 Å². The number of alkyl halides is 3. The molecule has 1 atom stereocenters. The minimum absolute atomic E-state index is 0.103. The molecule has 0 spiro atoms. The maximum atomic E-state index is 13.0. The van der Waals surface area contributed by atoms with Gasteiger partial charge in [-0.1, -0.05) is 6.07 Å². The molecule has 1 amide bonds. The van der Waals surface area contributed by atoms with Crippen molar-refractivity contribution >= 4 is 17.4 Å². The van der Waals surface area contributed by atoms with Gasteiger partial charge in [-0.3, -0.25) is 9.78 Å². The van der Waals surface area contributed by atoms with Crippen LogP contribution < -0.4 is 5.32 Å². The highest BCUT2D eigenvalue weighted by Crippen LogP contribution is 2.41. The number of amides is 1. The fraction of sp³-hybridized carbons (Fsp3) is 0.333. The topological polar surface area (TPSA) is 98.0 Å². The first kappa shape index (κ1) is 22.9. The summed E-state index contributed by atoms with van der Waals surface area (Å²) in [4.78, 5) is 35.4. The minimum Gasteiger partial charge on any atom is -0.309 e. The summed E-state index contributed by atoms with van der Waals surface area (Å²) in [5.74, 6) is 0.333. The number of hydrogen-bond acceptors (Lipinski definition) is 6. The average molecular weight is 481 g/mol. The number of carbonyl (C=O) groups is 1. The molecule has 11 heteroatoms. The number of hydrogen-bond donors (Lipinski definition) is 1. The number of fused-ring (bicyclic) bond motifs is 2. The second-order valence-electron chi connectivity index (χ2n) is 8.91. The van der Waals surface area contributed by atoms with Crippen LogP contribution in [0.15, 0.2) is 36.9 Å². The standard InChI is InChI=1S/C24H22F3N7O/c1-13-6-7-18(28-9-13)23(3)15-10-29-20(32-19(15)33-22(23)35)17-12-34-11-14(2)30-21(34)16(31-17)5-4-8-24(25,26)27/h6-7,9-12H,4-5,8H2,1-3H3,(H,29,32,33,35). The molecule has 0 saturated carbocycles. The molecular weight excluding hydrogens is 459 g/mol. The molecule has 5 heterocycles. The fourth-order valence-electron chi connectivity index (χ4n) is 4.25. The lowest BCUT2D eigenvalue weighted by Gasteiger charge is -2.21. The van der Waals surface area contributed by atoms with E-state index in [1.165, 1.54) is 0 Å². The first-order valence-corrected chi connectivity index (χ1v) is 11.1. The molecule has 8 nitrogen and oxygen atoms in total. The molecule has 0 bridgehead atoms. The first-order valence-electron chi connectivity index (χ1n) is 11.1. The molecule has 4 aromatic rings. The van der Waals surface area contributed by atoms with Crippen molar-refractivity contribution in [1.29, 1.82) is 0 Å². The molecular formula is C24H22F3N7O. The number of aromatic nitrogens is 6. The fourth-order valence-corrected chi connectivity index (χ4v) is 4.25. The van der Waals surface area contributed by atoms with Crippen molar-refractivity contribution in [1.82, 2.24) is 29.3 Å². The lowest BCUT2D eigenvalue weighted by molar-refractivity contribution is -0.135. The lowest BCUT2D eigenvalue weighted by Crippen LogP contribution is -2.33. The van der Waals surface area contributed by atoms with E-state index in [1.54, 1.807) is 43.0 Å². The van der Waals surface area contributed by atoms with E-state index in [0.717, 1.165) is 5.56 Å². The normalized spacial score (nSPS) is 17.6. The van der Waals surface area contributed by atoms with Crippen molar-refractivity contribution in [3.63, 3.8) is 0 Å². The van der Waals surface area contributed by atoms with Crippen LogP contribution >= 0.6 is 0 Å². The molecule has 0 aromatic carbocycles. The van der Waals surface area contributed by atoms with E-state index in [2.05, 4.69) is 30.2 Å². The van der Waals surface area contributed by atoms with Crippen LogP contribution in [0.3, 0.4) is 0 Å². The van der Waals surface area contributed by atoms with Crippen LogP contribution in [0.5, 0.6) is 0 Å². The van der Waals surface area contributed by atoms with Gasteiger partial charge >= 0.3 is 6.18 Å². The Morgan fingerprint density at radius 3 is 2.57 bits per heavy atom. The Bertz CT molecular complexity index is 1450. The predicted octanol–water partition coefficient (Wildman–Crippen LogP) is 4.34. The van der Waals surface area contributed by atoms with E-state index in [-0.39, 0.29) is 24.6 Å². The summed E-state index contributed by atoms with van der Waals surface area (Å²) in [5, 5.41) is 2.82. The van der Waals surface area contributed by atoms with Crippen LogP contribution in [0.25, 0.3) is 17.2 Å². The average Bonchev–Trinajstić information content (AvgIpc) is 3.29. The van der Waals surface area contributed by atoms with Crippen LogP contribution in [0, 0.1) is 13.8 Å². The van der Waals surface area contributed by atoms with E-state index in [4.69, 9.17) is 0 Å². The summed E-state index contributed by atoms with van der Waals surface area (Å²) in [6.45, 7) is 5.49. The van der Waals surface area contributed by atoms with Crippen LogP contribution in [-0.2, 0) is 16.6 Å². The number of anilines is 1. The van der Waals surface area contributed by atoms with Crippen molar-refractivity contribution in [2.45, 2.75) is 51.6 Å². The third kappa shape index (κ3) is 4.11. The molecule has 1 N–H and O–H groups in total. The quantitative estimate of drug-likeness (QED) is 0.455. The van der Waals surface area contributed by atoms with E-state index in [9.17, 15) is 18.0 Å². The Labute approximate surface area is 198 Å². The van der Waals surface area contributed by atoms with Crippen molar-refractivity contribution in [3.05, 3.63) is 65.1 Å². The number of carbonyl (C=O) groups excluding carboxylic acids is 1. The molecule has 180 valence electrons. The zero-order chi connectivity index (χ0) is 25.0. The van der Waals surface area contributed by atoms with Crippen LogP contribution in [0.2, 0.25) is 0 Å². The lowest BCUT2D eigenvalue weighted by atomic mass is 9.81. The third-order valence-corrected chi connectivity index (χ3v) is 6.17. The molecule has 35 heavy (non-hydrogen) atoms. The highest BCUT2D eigenvalue weighted by molar-refractivity contribution is 6.07. The molecule has 1 aliphatic heterocycles. The second-order valence-corrected chi connectivity index (χ2v) is 8.91. The molecule has 0 radical (unpaired) electrons. The molecule has 4 aromatic heterocycles. The van der Waals surface area contributed by atoms with Crippen LogP contribution in [0.1, 0.15) is 48.0 Å². The summed E-state index contributed by atoms with van der Waals surface area (Å²) in [6, 6.07) is 3.70. The molecule has 1 unspecified atom stereocenters. The maximum absolute atomic E-state index is 13.0. The van der Waals surface area contributed by atoms with Crippen LogP contribution in [-0.4, -0.2) is 41.4 Å². The summed E-state index contributed by atoms with van der Waals surface area (Å²) in [5.41, 5.74) is 3.11. The number of rotatable bonds is 5. The van der Waals surface area contributed by atoms with Gasteiger partial charge in [0.25, 0.3) is 0 Å². The van der Waals surface area contributed by atoms with Gasteiger partial charge < -0.3 is 9.72 Å². The summed E-state index contributed by atoms with van der Waals surface area (Å²) in [7, 11) is 0. The molecule has 0 aliphatic carbocycles. The number of halogens is 3. The van der Waals surface area contributed by atoms with Gasteiger partial charge in [0.15, 0.2) is 11.5 Å². The van der Waals surface area contributed by atoms with E-state index >= 15 is 0 Å². The SMILES string of the molecule is Cc1ccc(C2(C)C(=O)Nc3nc(-c4cn5cc(C)nc5c(CCCC(F)(F)F)n4)ncc32)nc1. The number of aryl methyl sites for hydroxylation is 3. The number of nitrogens with one attached hydrogen (secondary N) is 1. The number of nitrogens with zero attached hydrogens (tertiary/aromatic N) is 6. The van der Waals surface area contributed by atoms with Crippen molar-refractivity contribution in [2.24, 2.45) is 0 Å². The van der Waals surface area contributed by atoms with Crippen molar-refractivity contribution in [2.75, 3.05) is 5.32 Å². The minimum atomic E-state index is -4.24. The van der Waals surface area contributed by atoms with Gasteiger partial charge in [-0.2, -0.15) is 13.2 Å². The van der Waals surface area contributed by atoms with Gasteiger partial charge in [0.1, 0.15) is 16.9 Å². The summed E-state index contributed by atoms with van der Waals surface area (Å²) >= 11 is 0. The Morgan fingerprint density at radius 2 is 1.86 bits per heavy atom. The summed E-state index contributed by atoms with van der Waals surface area (Å²) < 4.78 is 39.8. The van der Waals surface area contributed by atoms with Crippen molar-refractivity contribution in [3.8, 4) is 11.5 Å². The number of imidazole rings is 1. The Kier molecular flexibility index (Phi) is 5.30. The summed E-state index contributed by atoms with van der Waals surface area (Å²) in [6.07, 6.45) is 1.58. The van der Waals surface area contributed by atoms with Crippen LogP contribution in [0.4, 0.5) is 19.0 Å².